The second-order valence-electron chi connectivity index (χ2n) is 6.58. The van der Waals surface area contributed by atoms with Gasteiger partial charge in [-0.25, -0.2) is 0 Å². The van der Waals surface area contributed by atoms with E-state index in [1.165, 1.54) is 0 Å². The molecule has 0 spiro atoms. The highest BCUT2D eigenvalue weighted by Crippen LogP contribution is 2.13. The van der Waals surface area contributed by atoms with Gasteiger partial charge in [0.15, 0.2) is 0 Å². The van der Waals surface area contributed by atoms with Crippen LogP contribution in [-0.2, 0) is 16.0 Å². The molecule has 26 heavy (non-hydrogen) atoms. The lowest BCUT2D eigenvalue weighted by Gasteiger charge is -2.25. The van der Waals surface area contributed by atoms with E-state index in [2.05, 4.69) is 10.1 Å². The van der Waals surface area contributed by atoms with E-state index in [1.54, 1.807) is 29.5 Å². The largest absolute Gasteiger partial charge is 0.341 e. The Balaban J connectivity index is 1.51. The summed E-state index contributed by atoms with van der Waals surface area (Å²) in [5.41, 5.74) is 1.12. The molecule has 7 heteroatoms. The molecule has 2 aromatic heterocycles. The summed E-state index contributed by atoms with van der Waals surface area (Å²) < 4.78 is 1.67. The highest BCUT2D eigenvalue weighted by Gasteiger charge is 2.25. The molecule has 1 fully saturated rings. The molecule has 1 aliphatic rings. The molecule has 0 bridgehead atoms. The third kappa shape index (κ3) is 4.47. The molecule has 7 nitrogen and oxygen atoms in total. The number of aryl methyl sites for hydroxylation is 1. The Hall–Kier alpha value is -2.70. The minimum absolute atomic E-state index is 0.0554. The zero-order chi connectivity index (χ0) is 18.4. The maximum Gasteiger partial charge on any atom is 0.247 e. The molecule has 1 saturated heterocycles. The van der Waals surface area contributed by atoms with Crippen molar-refractivity contribution in [3.05, 3.63) is 48.5 Å². The van der Waals surface area contributed by atoms with Crippen molar-refractivity contribution in [3.8, 4) is 0 Å². The van der Waals surface area contributed by atoms with E-state index in [4.69, 9.17) is 0 Å². The Bertz CT molecular complexity index is 717. The fourth-order valence-corrected chi connectivity index (χ4v) is 3.23. The van der Waals surface area contributed by atoms with Crippen molar-refractivity contribution >= 4 is 11.8 Å². The summed E-state index contributed by atoms with van der Waals surface area (Å²) in [6.45, 7) is 4.41. The van der Waals surface area contributed by atoms with E-state index in [0.29, 0.717) is 32.6 Å². The number of amides is 2. The highest BCUT2D eigenvalue weighted by molar-refractivity contribution is 5.80. The van der Waals surface area contributed by atoms with E-state index < -0.39 is 0 Å². The number of nitrogens with zero attached hydrogens (tertiary/aromatic N) is 5. The van der Waals surface area contributed by atoms with Crippen molar-refractivity contribution in [2.24, 2.45) is 0 Å². The molecule has 0 aliphatic carbocycles. The van der Waals surface area contributed by atoms with Crippen LogP contribution in [0.5, 0.6) is 0 Å². The molecule has 0 N–H and O–H groups in total. The molecule has 1 unspecified atom stereocenters. The third-order valence-corrected chi connectivity index (χ3v) is 4.82. The third-order valence-electron chi connectivity index (χ3n) is 4.82. The standard InChI is InChI=1S/C19H25N5O2/c1-16(24-13-2-8-21-24)19(26)23-12-3-11-22(14-15-23)18(25)5-4-17-6-9-20-10-7-17/h2,6-10,13,16H,3-5,11-12,14-15H2,1H3. The number of pyridine rings is 1. The Morgan fingerprint density at radius 1 is 1.08 bits per heavy atom. The Morgan fingerprint density at radius 3 is 2.54 bits per heavy atom. The molecule has 0 radical (unpaired) electrons. The van der Waals surface area contributed by atoms with Gasteiger partial charge in [0, 0.05) is 57.4 Å². The van der Waals surface area contributed by atoms with Gasteiger partial charge in [-0.1, -0.05) is 0 Å². The topological polar surface area (TPSA) is 71.3 Å². The van der Waals surface area contributed by atoms with Crippen LogP contribution in [0.3, 0.4) is 0 Å². The SMILES string of the molecule is CC(C(=O)N1CCCN(C(=O)CCc2ccncc2)CC1)n1cccn1. The first-order valence-corrected chi connectivity index (χ1v) is 9.10. The summed E-state index contributed by atoms with van der Waals surface area (Å²) in [4.78, 5) is 32.9. The van der Waals surface area contributed by atoms with Crippen molar-refractivity contribution in [2.45, 2.75) is 32.2 Å². The molecule has 2 aromatic rings. The summed E-state index contributed by atoms with van der Waals surface area (Å²) in [5, 5.41) is 4.15. The van der Waals surface area contributed by atoms with Crippen LogP contribution in [-0.4, -0.2) is 62.6 Å². The number of carbonyl (C=O) groups excluding carboxylic acids is 2. The van der Waals surface area contributed by atoms with E-state index in [0.717, 1.165) is 18.4 Å². The Morgan fingerprint density at radius 2 is 1.81 bits per heavy atom. The lowest BCUT2D eigenvalue weighted by molar-refractivity contribution is -0.135. The molecule has 3 rings (SSSR count). The second kappa shape index (κ2) is 8.60. The lowest BCUT2D eigenvalue weighted by atomic mass is 10.1. The maximum atomic E-state index is 12.7. The van der Waals surface area contributed by atoms with Gasteiger partial charge in [0.2, 0.25) is 11.8 Å². The van der Waals surface area contributed by atoms with Crippen molar-refractivity contribution < 1.29 is 9.59 Å². The average Bonchev–Trinajstić information content (AvgIpc) is 3.10. The van der Waals surface area contributed by atoms with Gasteiger partial charge in [-0.05, 0) is 43.5 Å². The number of hydrogen-bond donors (Lipinski definition) is 0. The molecular weight excluding hydrogens is 330 g/mol. The fraction of sp³-hybridized carbons (Fsp3) is 0.474. The minimum Gasteiger partial charge on any atom is -0.341 e. The molecular formula is C19H25N5O2. The summed E-state index contributed by atoms with van der Waals surface area (Å²) in [6, 6.07) is 5.37. The predicted octanol–water partition coefficient (Wildman–Crippen LogP) is 1.53. The quantitative estimate of drug-likeness (QED) is 0.815. The van der Waals surface area contributed by atoms with E-state index in [9.17, 15) is 9.59 Å². The highest BCUT2D eigenvalue weighted by atomic mass is 16.2. The van der Waals surface area contributed by atoms with Crippen LogP contribution in [0.1, 0.15) is 31.4 Å². The van der Waals surface area contributed by atoms with Crippen molar-refractivity contribution in [1.82, 2.24) is 24.6 Å². The van der Waals surface area contributed by atoms with Gasteiger partial charge in [-0.2, -0.15) is 5.10 Å². The molecule has 0 aromatic carbocycles. The van der Waals surface area contributed by atoms with Gasteiger partial charge in [-0.15, -0.1) is 0 Å². The van der Waals surface area contributed by atoms with E-state index >= 15 is 0 Å². The van der Waals surface area contributed by atoms with Crippen LogP contribution in [0.4, 0.5) is 0 Å². The van der Waals surface area contributed by atoms with Crippen LogP contribution >= 0.6 is 0 Å². The van der Waals surface area contributed by atoms with Crippen LogP contribution in [0.25, 0.3) is 0 Å². The van der Waals surface area contributed by atoms with Gasteiger partial charge in [0.25, 0.3) is 0 Å². The summed E-state index contributed by atoms with van der Waals surface area (Å²) >= 11 is 0. The number of rotatable bonds is 5. The predicted molar refractivity (Wildman–Crippen MR) is 97.3 cm³/mol. The summed E-state index contributed by atoms with van der Waals surface area (Å²) in [7, 11) is 0. The monoisotopic (exact) mass is 355 g/mol. The summed E-state index contributed by atoms with van der Waals surface area (Å²) in [6.07, 6.45) is 8.98. The number of aromatic nitrogens is 3. The molecule has 2 amide bonds. The zero-order valence-electron chi connectivity index (χ0n) is 15.1. The molecule has 0 saturated carbocycles. The number of carbonyl (C=O) groups is 2. The normalized spacial score (nSPS) is 16.2. The average molecular weight is 355 g/mol. The first-order valence-electron chi connectivity index (χ1n) is 9.10. The molecule has 1 atom stereocenters. The van der Waals surface area contributed by atoms with Gasteiger partial charge in [-0.3, -0.25) is 19.3 Å². The number of hydrogen-bond acceptors (Lipinski definition) is 4. The Labute approximate surface area is 153 Å². The van der Waals surface area contributed by atoms with Crippen LogP contribution in [0.2, 0.25) is 0 Å². The second-order valence-corrected chi connectivity index (χ2v) is 6.58. The van der Waals surface area contributed by atoms with Crippen molar-refractivity contribution in [1.29, 1.82) is 0 Å². The minimum atomic E-state index is -0.320. The van der Waals surface area contributed by atoms with Gasteiger partial charge in [0.05, 0.1) is 0 Å². The first kappa shape index (κ1) is 18.1. The van der Waals surface area contributed by atoms with Crippen LogP contribution < -0.4 is 0 Å². The summed E-state index contributed by atoms with van der Waals surface area (Å²) in [5.74, 6) is 0.205. The Kier molecular flexibility index (Phi) is 5.99. The van der Waals surface area contributed by atoms with Crippen LogP contribution in [0.15, 0.2) is 43.0 Å². The van der Waals surface area contributed by atoms with Gasteiger partial charge in [0.1, 0.15) is 6.04 Å². The lowest BCUT2D eigenvalue weighted by Crippen LogP contribution is -2.40. The van der Waals surface area contributed by atoms with E-state index in [-0.39, 0.29) is 17.9 Å². The maximum absolute atomic E-state index is 12.7. The smallest absolute Gasteiger partial charge is 0.247 e. The van der Waals surface area contributed by atoms with Crippen molar-refractivity contribution in [2.75, 3.05) is 26.2 Å². The molecule has 1 aliphatic heterocycles. The van der Waals surface area contributed by atoms with Crippen molar-refractivity contribution in [3.63, 3.8) is 0 Å². The van der Waals surface area contributed by atoms with E-state index in [1.807, 2.05) is 34.9 Å². The zero-order valence-corrected chi connectivity index (χ0v) is 15.1. The fourth-order valence-electron chi connectivity index (χ4n) is 3.23. The van der Waals surface area contributed by atoms with Gasteiger partial charge >= 0.3 is 0 Å². The molecule has 3 heterocycles. The van der Waals surface area contributed by atoms with Gasteiger partial charge < -0.3 is 9.80 Å². The van der Waals surface area contributed by atoms with Crippen LogP contribution in [0, 0.1) is 0 Å². The first-order chi connectivity index (χ1) is 12.6. The molecule has 138 valence electrons.